The van der Waals surface area contributed by atoms with Crippen LogP contribution in [0.5, 0.6) is 0 Å². The third-order valence-electron chi connectivity index (χ3n) is 2.71. The maximum atomic E-state index is 12.4. The second-order valence-electron chi connectivity index (χ2n) is 3.96. The Hall–Kier alpha value is -0.940. The lowest BCUT2D eigenvalue weighted by Gasteiger charge is -2.18. The molecule has 1 fully saturated rings. The van der Waals surface area contributed by atoms with E-state index in [4.69, 9.17) is 23.2 Å². The quantitative estimate of drug-likeness (QED) is 0.725. The highest BCUT2D eigenvalue weighted by Crippen LogP contribution is 2.37. The molecule has 0 spiro atoms. The van der Waals surface area contributed by atoms with Gasteiger partial charge in [-0.1, -0.05) is 23.2 Å². The average Bonchev–Trinajstić information content (AvgIpc) is 2.53. The SMILES string of the molecule is O=C1N(c2ccc(C(F)(F)F)cc2)CCC1(Cl)Cl. The number of halogens is 5. The number of hydrogen-bond acceptors (Lipinski definition) is 1. The normalized spacial score (nSPS) is 19.4. The molecule has 1 aromatic carbocycles. The van der Waals surface area contributed by atoms with Gasteiger partial charge < -0.3 is 4.90 Å². The highest BCUT2D eigenvalue weighted by Gasteiger charge is 2.44. The molecule has 2 nitrogen and oxygen atoms in total. The monoisotopic (exact) mass is 297 g/mol. The molecule has 0 aromatic heterocycles. The van der Waals surface area contributed by atoms with Crippen molar-refractivity contribution in [1.29, 1.82) is 0 Å². The Labute approximate surface area is 111 Å². The Kier molecular flexibility index (Phi) is 3.23. The van der Waals surface area contributed by atoms with Crippen molar-refractivity contribution in [3.05, 3.63) is 29.8 Å². The second-order valence-corrected chi connectivity index (χ2v) is 5.44. The fourth-order valence-electron chi connectivity index (χ4n) is 1.73. The van der Waals surface area contributed by atoms with E-state index in [-0.39, 0.29) is 13.0 Å². The third kappa shape index (κ3) is 2.42. The van der Waals surface area contributed by atoms with Crippen molar-refractivity contribution in [3.8, 4) is 0 Å². The van der Waals surface area contributed by atoms with Crippen LogP contribution in [0.4, 0.5) is 18.9 Å². The molecule has 18 heavy (non-hydrogen) atoms. The van der Waals surface area contributed by atoms with E-state index in [9.17, 15) is 18.0 Å². The Balaban J connectivity index is 2.24. The zero-order valence-corrected chi connectivity index (χ0v) is 10.5. The summed E-state index contributed by atoms with van der Waals surface area (Å²) in [4.78, 5) is 13.0. The van der Waals surface area contributed by atoms with E-state index in [1.54, 1.807) is 0 Å². The molecule has 1 aromatic rings. The number of benzene rings is 1. The predicted octanol–water partition coefficient (Wildman–Crippen LogP) is 3.62. The largest absolute Gasteiger partial charge is 0.416 e. The second kappa shape index (κ2) is 4.31. The van der Waals surface area contributed by atoms with Crippen molar-refractivity contribution < 1.29 is 18.0 Å². The van der Waals surface area contributed by atoms with Gasteiger partial charge in [0.15, 0.2) is 4.33 Å². The summed E-state index contributed by atoms with van der Waals surface area (Å²) in [6.07, 6.45) is -4.15. The maximum Gasteiger partial charge on any atom is 0.416 e. The molecule has 1 saturated heterocycles. The molecule has 0 N–H and O–H groups in total. The van der Waals surface area contributed by atoms with Gasteiger partial charge in [-0.05, 0) is 24.3 Å². The summed E-state index contributed by atoms with van der Waals surface area (Å²) >= 11 is 11.5. The third-order valence-corrected chi connectivity index (χ3v) is 3.42. The van der Waals surface area contributed by atoms with Crippen LogP contribution in [0.15, 0.2) is 24.3 Å². The van der Waals surface area contributed by atoms with Crippen LogP contribution in [-0.2, 0) is 11.0 Å². The fraction of sp³-hybridized carbons (Fsp3) is 0.364. The lowest BCUT2D eigenvalue weighted by Crippen LogP contribution is -2.31. The van der Waals surface area contributed by atoms with Gasteiger partial charge in [0.1, 0.15) is 0 Å². The van der Waals surface area contributed by atoms with Crippen molar-refractivity contribution in [2.75, 3.05) is 11.4 Å². The lowest BCUT2D eigenvalue weighted by atomic mass is 10.2. The molecule has 1 aliphatic rings. The molecular formula is C11H8Cl2F3NO. The van der Waals surface area contributed by atoms with Gasteiger partial charge >= 0.3 is 6.18 Å². The van der Waals surface area contributed by atoms with Crippen molar-refractivity contribution >= 4 is 34.8 Å². The molecule has 0 radical (unpaired) electrons. The minimum atomic E-state index is -4.39. The summed E-state index contributed by atoms with van der Waals surface area (Å²) in [6.45, 7) is 0.289. The number of hydrogen-bond donors (Lipinski definition) is 0. The molecule has 0 atom stereocenters. The summed E-state index contributed by atoms with van der Waals surface area (Å²) in [5.41, 5.74) is -0.405. The Bertz CT molecular complexity index is 470. The lowest BCUT2D eigenvalue weighted by molar-refractivity contribution is -0.137. The minimum absolute atomic E-state index is 0.246. The molecule has 1 aliphatic heterocycles. The topological polar surface area (TPSA) is 20.3 Å². The fourth-order valence-corrected chi connectivity index (χ4v) is 2.11. The Morgan fingerprint density at radius 2 is 1.72 bits per heavy atom. The van der Waals surface area contributed by atoms with Gasteiger partial charge in [-0.25, -0.2) is 0 Å². The summed E-state index contributed by atoms with van der Waals surface area (Å²) < 4.78 is 35.6. The van der Waals surface area contributed by atoms with E-state index in [0.717, 1.165) is 12.1 Å². The summed E-state index contributed by atoms with van der Waals surface area (Å²) in [5, 5.41) is 0. The van der Waals surface area contributed by atoms with E-state index in [0.29, 0.717) is 5.69 Å². The number of amides is 1. The van der Waals surface area contributed by atoms with Crippen molar-refractivity contribution in [2.24, 2.45) is 0 Å². The first-order valence-electron chi connectivity index (χ1n) is 5.09. The molecule has 7 heteroatoms. The first kappa shape index (κ1) is 13.5. The van der Waals surface area contributed by atoms with Crippen LogP contribution in [0.3, 0.4) is 0 Å². The zero-order chi connectivity index (χ0) is 13.6. The molecule has 1 amide bonds. The first-order valence-corrected chi connectivity index (χ1v) is 5.84. The molecule has 1 heterocycles. The average molecular weight is 298 g/mol. The summed E-state index contributed by atoms with van der Waals surface area (Å²) in [6, 6.07) is 4.31. The Morgan fingerprint density at radius 1 is 1.17 bits per heavy atom. The van der Waals surface area contributed by atoms with Crippen LogP contribution < -0.4 is 4.90 Å². The van der Waals surface area contributed by atoms with E-state index in [1.807, 2.05) is 0 Å². The van der Waals surface area contributed by atoms with Crippen molar-refractivity contribution in [2.45, 2.75) is 16.9 Å². The molecule has 0 unspecified atom stereocenters. The Morgan fingerprint density at radius 3 is 2.11 bits per heavy atom. The van der Waals surface area contributed by atoms with Crippen LogP contribution in [0.2, 0.25) is 0 Å². The standard InChI is InChI=1S/C11H8Cl2F3NO/c12-10(13)5-6-17(9(10)18)8-3-1-7(2-4-8)11(14,15)16/h1-4H,5-6H2. The van der Waals surface area contributed by atoms with Gasteiger partial charge in [0.25, 0.3) is 5.91 Å². The van der Waals surface area contributed by atoms with Crippen LogP contribution in [-0.4, -0.2) is 16.8 Å². The van der Waals surface area contributed by atoms with Crippen LogP contribution >= 0.6 is 23.2 Å². The number of nitrogens with zero attached hydrogens (tertiary/aromatic N) is 1. The van der Waals surface area contributed by atoms with E-state index in [1.165, 1.54) is 17.0 Å². The highest BCUT2D eigenvalue weighted by atomic mass is 35.5. The number of carbonyl (C=O) groups excluding carboxylic acids is 1. The van der Waals surface area contributed by atoms with Gasteiger partial charge in [0, 0.05) is 18.7 Å². The van der Waals surface area contributed by atoms with E-state index in [2.05, 4.69) is 0 Å². The first-order chi connectivity index (χ1) is 8.22. The van der Waals surface area contributed by atoms with Gasteiger partial charge in [0.2, 0.25) is 0 Å². The maximum absolute atomic E-state index is 12.4. The molecule has 0 bridgehead atoms. The highest BCUT2D eigenvalue weighted by molar-refractivity contribution is 6.59. The molecule has 0 saturated carbocycles. The van der Waals surface area contributed by atoms with Crippen LogP contribution in [0.25, 0.3) is 0 Å². The summed E-state index contributed by atoms with van der Waals surface area (Å²) in [5.74, 6) is -0.509. The van der Waals surface area contributed by atoms with E-state index < -0.39 is 22.0 Å². The van der Waals surface area contributed by atoms with Gasteiger partial charge in [-0.2, -0.15) is 13.2 Å². The van der Waals surface area contributed by atoms with Gasteiger partial charge in [-0.3, -0.25) is 4.79 Å². The van der Waals surface area contributed by atoms with Crippen molar-refractivity contribution in [3.63, 3.8) is 0 Å². The number of alkyl halides is 5. The molecule has 2 rings (SSSR count). The van der Waals surface area contributed by atoms with Crippen LogP contribution in [0.1, 0.15) is 12.0 Å². The van der Waals surface area contributed by atoms with Crippen LogP contribution in [0, 0.1) is 0 Å². The summed E-state index contributed by atoms with van der Waals surface area (Å²) in [7, 11) is 0. The van der Waals surface area contributed by atoms with Crippen molar-refractivity contribution in [1.82, 2.24) is 0 Å². The minimum Gasteiger partial charge on any atom is -0.310 e. The van der Waals surface area contributed by atoms with Gasteiger partial charge in [0.05, 0.1) is 5.56 Å². The number of rotatable bonds is 1. The zero-order valence-electron chi connectivity index (χ0n) is 8.97. The molecule has 98 valence electrons. The molecule has 0 aliphatic carbocycles. The smallest absolute Gasteiger partial charge is 0.310 e. The number of carbonyl (C=O) groups is 1. The predicted molar refractivity (Wildman–Crippen MR) is 62.9 cm³/mol. The van der Waals surface area contributed by atoms with Gasteiger partial charge in [-0.15, -0.1) is 0 Å². The number of anilines is 1. The molecular weight excluding hydrogens is 290 g/mol. The van der Waals surface area contributed by atoms with E-state index >= 15 is 0 Å².